The molecule has 2 aliphatic rings. The lowest BCUT2D eigenvalue weighted by Gasteiger charge is -2.11. The minimum atomic E-state index is -0.488. The van der Waals surface area contributed by atoms with Crippen LogP contribution in [-0.2, 0) is 16.0 Å². The lowest BCUT2D eigenvalue weighted by atomic mass is 10.0. The van der Waals surface area contributed by atoms with Crippen LogP contribution >= 0.6 is 0 Å². The maximum atomic E-state index is 11.9. The van der Waals surface area contributed by atoms with E-state index in [-0.39, 0.29) is 5.92 Å². The molecular weight excluding hydrogens is 368 g/mol. The van der Waals surface area contributed by atoms with Crippen molar-refractivity contribution in [1.82, 2.24) is 14.7 Å². The van der Waals surface area contributed by atoms with Crippen LogP contribution in [0.2, 0.25) is 0 Å². The number of aromatic nitrogens is 2. The van der Waals surface area contributed by atoms with Crippen molar-refractivity contribution >= 4 is 12.3 Å². The Balaban J connectivity index is 1.60. The Bertz CT molecular complexity index is 1030. The summed E-state index contributed by atoms with van der Waals surface area (Å²) in [5.74, 6) is 6.19. The van der Waals surface area contributed by atoms with E-state index in [9.17, 15) is 9.59 Å². The van der Waals surface area contributed by atoms with E-state index in [1.54, 1.807) is 11.9 Å². The highest BCUT2D eigenvalue weighted by Crippen LogP contribution is 2.36. The highest BCUT2D eigenvalue weighted by molar-refractivity contribution is 5.93. The van der Waals surface area contributed by atoms with Crippen LogP contribution in [0.15, 0.2) is 24.3 Å². The average molecular weight is 392 g/mol. The molecule has 7 nitrogen and oxygen atoms in total. The zero-order valence-corrected chi connectivity index (χ0v) is 16.6. The molecule has 2 aromatic rings. The van der Waals surface area contributed by atoms with Gasteiger partial charge in [0.05, 0.1) is 12.3 Å². The van der Waals surface area contributed by atoms with E-state index in [4.69, 9.17) is 10.5 Å². The Hall–Kier alpha value is -3.11. The van der Waals surface area contributed by atoms with Crippen molar-refractivity contribution in [3.63, 3.8) is 0 Å². The molecule has 2 amide bonds. The van der Waals surface area contributed by atoms with Gasteiger partial charge in [0.1, 0.15) is 0 Å². The monoisotopic (exact) mass is 392 g/mol. The van der Waals surface area contributed by atoms with Crippen molar-refractivity contribution in [2.45, 2.75) is 37.7 Å². The molecule has 0 bridgehead atoms. The normalized spacial score (nSPS) is 21.8. The van der Waals surface area contributed by atoms with E-state index in [0.29, 0.717) is 25.3 Å². The van der Waals surface area contributed by atoms with E-state index in [1.165, 1.54) is 0 Å². The molecule has 0 saturated carbocycles. The van der Waals surface area contributed by atoms with Gasteiger partial charge in [0.2, 0.25) is 6.41 Å². The van der Waals surface area contributed by atoms with Gasteiger partial charge in [-0.15, -0.1) is 0 Å². The van der Waals surface area contributed by atoms with Gasteiger partial charge in [-0.3, -0.25) is 9.59 Å². The summed E-state index contributed by atoms with van der Waals surface area (Å²) in [5.41, 5.74) is 9.19. The van der Waals surface area contributed by atoms with Gasteiger partial charge in [-0.2, -0.15) is 5.10 Å². The number of nitrogens with zero attached hydrogens (tertiary/aromatic N) is 3. The second-order valence-corrected chi connectivity index (χ2v) is 7.84. The third-order valence-electron chi connectivity index (χ3n) is 5.63. The van der Waals surface area contributed by atoms with Gasteiger partial charge in [0.15, 0.2) is 11.3 Å². The molecule has 4 rings (SSSR count). The van der Waals surface area contributed by atoms with Crippen molar-refractivity contribution in [3.05, 3.63) is 46.8 Å². The standard InChI is InChI=1S/C22H24N4O3/c1-15-6-7-18-19(15)20(21(23)28)24-26(18)17-5-3-4-16(12-17)8-9-22(13-29-22)10-11-25(2)14-27/h3-5,12,14-15H,6-7,10-11,13H2,1-2H3,(H2,23,28)/t15-,22+/m1/s1. The van der Waals surface area contributed by atoms with E-state index in [0.717, 1.165) is 41.8 Å². The maximum Gasteiger partial charge on any atom is 0.269 e. The molecular formula is C22H24N4O3. The van der Waals surface area contributed by atoms with Crippen molar-refractivity contribution in [2.75, 3.05) is 20.2 Å². The lowest BCUT2D eigenvalue weighted by molar-refractivity contribution is -0.117. The molecule has 1 fully saturated rings. The second-order valence-electron chi connectivity index (χ2n) is 7.84. The number of carbonyl (C=O) groups is 2. The van der Waals surface area contributed by atoms with Crippen LogP contribution in [0.5, 0.6) is 0 Å². The predicted octanol–water partition coefficient (Wildman–Crippen LogP) is 1.62. The van der Waals surface area contributed by atoms with Crippen LogP contribution in [0, 0.1) is 11.8 Å². The molecule has 29 heavy (non-hydrogen) atoms. The molecule has 0 unspecified atom stereocenters. The fourth-order valence-electron chi connectivity index (χ4n) is 3.79. The first-order valence-electron chi connectivity index (χ1n) is 9.77. The quantitative estimate of drug-likeness (QED) is 0.459. The van der Waals surface area contributed by atoms with Crippen LogP contribution in [0.1, 0.15) is 53.0 Å². The fourth-order valence-corrected chi connectivity index (χ4v) is 3.79. The molecule has 1 aliphatic heterocycles. The van der Waals surface area contributed by atoms with Gasteiger partial charge >= 0.3 is 0 Å². The Morgan fingerprint density at radius 1 is 1.52 bits per heavy atom. The summed E-state index contributed by atoms with van der Waals surface area (Å²) in [7, 11) is 1.74. The summed E-state index contributed by atoms with van der Waals surface area (Å²) < 4.78 is 7.37. The average Bonchev–Trinajstić information content (AvgIpc) is 3.24. The van der Waals surface area contributed by atoms with Crippen molar-refractivity contribution < 1.29 is 14.3 Å². The third-order valence-corrected chi connectivity index (χ3v) is 5.63. The first kappa shape index (κ1) is 19.2. The first-order valence-corrected chi connectivity index (χ1v) is 9.77. The second kappa shape index (κ2) is 7.37. The number of rotatable bonds is 6. The van der Waals surface area contributed by atoms with Crippen LogP contribution in [-0.4, -0.2) is 52.8 Å². The number of amides is 2. The predicted molar refractivity (Wildman–Crippen MR) is 108 cm³/mol. The SMILES string of the molecule is C[C@@H]1CCc2c1c(C(N)=O)nn2-c1cccc(C#C[C@]2(CCN(C)C=O)CO2)c1. The highest BCUT2D eigenvalue weighted by Gasteiger charge is 2.42. The topological polar surface area (TPSA) is 93.8 Å². The van der Waals surface area contributed by atoms with Gasteiger partial charge < -0.3 is 15.4 Å². The summed E-state index contributed by atoms with van der Waals surface area (Å²) in [6.07, 6.45) is 3.34. The summed E-state index contributed by atoms with van der Waals surface area (Å²) >= 11 is 0. The Morgan fingerprint density at radius 3 is 3.00 bits per heavy atom. The number of hydrogen-bond acceptors (Lipinski definition) is 4. The first-order chi connectivity index (χ1) is 13.9. The number of carbonyl (C=O) groups excluding carboxylic acids is 2. The molecule has 1 aromatic carbocycles. The number of fused-ring (bicyclic) bond motifs is 1. The number of epoxide rings is 1. The summed E-state index contributed by atoms with van der Waals surface area (Å²) in [6.45, 7) is 3.29. The van der Waals surface area contributed by atoms with Crippen LogP contribution in [0.25, 0.3) is 5.69 Å². The third kappa shape index (κ3) is 3.76. The van der Waals surface area contributed by atoms with E-state index in [1.807, 2.05) is 28.9 Å². The number of primary amides is 1. The zero-order chi connectivity index (χ0) is 20.6. The Kier molecular flexibility index (Phi) is 4.89. The number of nitrogens with two attached hydrogens (primary N) is 1. The Labute approximate surface area is 169 Å². The van der Waals surface area contributed by atoms with Crippen molar-refractivity contribution in [1.29, 1.82) is 0 Å². The zero-order valence-electron chi connectivity index (χ0n) is 16.6. The van der Waals surface area contributed by atoms with E-state index >= 15 is 0 Å². The number of benzene rings is 1. The van der Waals surface area contributed by atoms with E-state index < -0.39 is 11.5 Å². The van der Waals surface area contributed by atoms with Gasteiger partial charge in [-0.1, -0.05) is 24.8 Å². The molecule has 2 atom stereocenters. The van der Waals surface area contributed by atoms with Gasteiger partial charge in [0.25, 0.3) is 5.91 Å². The van der Waals surface area contributed by atoms with Crippen molar-refractivity contribution in [3.8, 4) is 17.5 Å². The van der Waals surface area contributed by atoms with Gasteiger partial charge in [-0.05, 0) is 37.0 Å². The van der Waals surface area contributed by atoms with Crippen molar-refractivity contribution in [2.24, 2.45) is 5.73 Å². The van der Waals surface area contributed by atoms with Gasteiger partial charge in [0, 0.05) is 36.8 Å². The van der Waals surface area contributed by atoms with Crippen LogP contribution in [0.3, 0.4) is 0 Å². The minimum Gasteiger partial charge on any atom is -0.364 e. The number of hydrogen-bond donors (Lipinski definition) is 1. The molecule has 2 N–H and O–H groups in total. The molecule has 0 spiro atoms. The smallest absolute Gasteiger partial charge is 0.269 e. The molecule has 0 radical (unpaired) electrons. The largest absolute Gasteiger partial charge is 0.364 e. The highest BCUT2D eigenvalue weighted by atomic mass is 16.6. The van der Waals surface area contributed by atoms with Crippen LogP contribution < -0.4 is 5.73 Å². The minimum absolute atomic E-state index is 0.278. The van der Waals surface area contributed by atoms with E-state index in [2.05, 4.69) is 23.9 Å². The summed E-state index contributed by atoms with van der Waals surface area (Å²) in [6, 6.07) is 7.78. The fraction of sp³-hybridized carbons (Fsp3) is 0.409. The molecule has 1 aliphatic carbocycles. The lowest BCUT2D eigenvalue weighted by Crippen LogP contribution is -2.22. The van der Waals surface area contributed by atoms with Gasteiger partial charge in [-0.25, -0.2) is 4.68 Å². The molecule has 1 aromatic heterocycles. The summed E-state index contributed by atoms with van der Waals surface area (Å²) in [4.78, 5) is 24.2. The Morgan fingerprint density at radius 2 is 2.31 bits per heavy atom. The summed E-state index contributed by atoms with van der Waals surface area (Å²) in [5, 5.41) is 4.50. The molecule has 7 heteroatoms. The number of ether oxygens (including phenoxy) is 1. The molecule has 150 valence electrons. The molecule has 2 heterocycles. The molecule has 1 saturated heterocycles. The maximum absolute atomic E-state index is 11.9. The van der Waals surface area contributed by atoms with Crippen LogP contribution in [0.4, 0.5) is 0 Å².